The summed E-state index contributed by atoms with van der Waals surface area (Å²) in [7, 11) is 1.89. The Bertz CT molecular complexity index is 818. The zero-order valence-corrected chi connectivity index (χ0v) is 14.3. The van der Waals surface area contributed by atoms with Crippen LogP contribution in [-0.4, -0.2) is 68.3 Å². The highest BCUT2D eigenvalue weighted by atomic mass is 19.1. The van der Waals surface area contributed by atoms with E-state index in [0.29, 0.717) is 23.0 Å². The van der Waals surface area contributed by atoms with E-state index in [1.165, 1.54) is 10.9 Å². The van der Waals surface area contributed by atoms with Gasteiger partial charge >= 0.3 is 0 Å². The van der Waals surface area contributed by atoms with Gasteiger partial charge in [0.05, 0.1) is 12.9 Å². The first kappa shape index (κ1) is 18.3. The van der Waals surface area contributed by atoms with Crippen molar-refractivity contribution in [2.24, 2.45) is 0 Å². The lowest BCUT2D eigenvalue weighted by molar-refractivity contribution is -0.115. The van der Waals surface area contributed by atoms with Gasteiger partial charge in [-0.15, -0.1) is 6.42 Å². The van der Waals surface area contributed by atoms with Crippen LogP contribution in [0.3, 0.4) is 0 Å². The summed E-state index contributed by atoms with van der Waals surface area (Å²) in [5.41, 5.74) is 6.59. The van der Waals surface area contributed by atoms with Crippen molar-refractivity contribution in [1.29, 1.82) is 0 Å². The van der Waals surface area contributed by atoms with Gasteiger partial charge in [0.1, 0.15) is 18.9 Å². The Hall–Kier alpha value is -2.48. The number of aliphatic hydroxyl groups excluding tert-OH is 2. The number of halogens is 1. The SMILES string of the molecule is C#C[C@H](O)C(CO)O[C@H](CF)n1cnc2c(N(C)C3CC3)nc(N)nc21. The van der Waals surface area contributed by atoms with E-state index in [4.69, 9.17) is 16.9 Å². The summed E-state index contributed by atoms with van der Waals surface area (Å²) in [6.45, 7) is -1.52. The van der Waals surface area contributed by atoms with Crippen molar-refractivity contribution < 1.29 is 19.3 Å². The first-order valence-corrected chi connectivity index (χ1v) is 8.19. The van der Waals surface area contributed by atoms with E-state index >= 15 is 0 Å². The molecule has 0 bridgehead atoms. The standard InChI is InChI=1S/C16H21FN6O3/c1-3-10(25)11(7-24)26-12(6-17)23-8-19-13-14(22(2)9-4-5-9)20-16(18)21-15(13)23/h1,8-12,24-25H,4-7H2,2H3,(H2,18,20,21)/t10-,11?,12+/m0/s1. The third-order valence-corrected chi connectivity index (χ3v) is 4.33. The van der Waals surface area contributed by atoms with Crippen LogP contribution in [0, 0.1) is 12.3 Å². The maximum Gasteiger partial charge on any atom is 0.224 e. The van der Waals surface area contributed by atoms with E-state index in [1.54, 1.807) is 0 Å². The lowest BCUT2D eigenvalue weighted by Crippen LogP contribution is -2.34. The quantitative estimate of drug-likeness (QED) is 0.553. The van der Waals surface area contributed by atoms with Gasteiger partial charge in [0.2, 0.25) is 5.95 Å². The highest BCUT2D eigenvalue weighted by Gasteiger charge is 2.31. The smallest absolute Gasteiger partial charge is 0.224 e. The molecule has 1 fully saturated rings. The highest BCUT2D eigenvalue weighted by molar-refractivity contribution is 5.85. The molecule has 2 aromatic heterocycles. The molecule has 0 spiro atoms. The molecule has 1 unspecified atom stereocenters. The molecule has 10 heteroatoms. The summed E-state index contributed by atoms with van der Waals surface area (Å²) in [5, 5.41) is 19.0. The van der Waals surface area contributed by atoms with Crippen LogP contribution in [0.25, 0.3) is 11.2 Å². The lowest BCUT2D eigenvalue weighted by atomic mass is 10.2. The minimum Gasteiger partial charge on any atom is -0.394 e. The van der Waals surface area contributed by atoms with E-state index in [9.17, 15) is 14.6 Å². The average Bonchev–Trinajstić information content (AvgIpc) is 3.42. The second-order valence-electron chi connectivity index (χ2n) is 6.15. The number of alkyl halides is 1. The van der Waals surface area contributed by atoms with Gasteiger partial charge in [-0.05, 0) is 12.8 Å². The van der Waals surface area contributed by atoms with Crippen LogP contribution >= 0.6 is 0 Å². The van der Waals surface area contributed by atoms with Crippen molar-refractivity contribution in [3.63, 3.8) is 0 Å². The van der Waals surface area contributed by atoms with Gasteiger partial charge < -0.3 is 25.6 Å². The minimum atomic E-state index is -1.37. The number of terminal acetylenes is 1. The van der Waals surface area contributed by atoms with Crippen LogP contribution in [0.2, 0.25) is 0 Å². The number of nitrogens with zero attached hydrogens (tertiary/aromatic N) is 5. The predicted octanol–water partition coefficient (Wildman–Crippen LogP) is -0.153. The van der Waals surface area contributed by atoms with Crippen LogP contribution in [0.15, 0.2) is 6.33 Å². The lowest BCUT2D eigenvalue weighted by Gasteiger charge is -2.24. The molecule has 3 atom stereocenters. The minimum absolute atomic E-state index is 0.0294. The Morgan fingerprint density at radius 2 is 2.27 bits per heavy atom. The number of ether oxygens (including phenoxy) is 1. The number of nitrogen functional groups attached to an aromatic ring is 1. The van der Waals surface area contributed by atoms with E-state index in [2.05, 4.69) is 20.9 Å². The number of anilines is 2. The Morgan fingerprint density at radius 1 is 1.54 bits per heavy atom. The fourth-order valence-electron chi connectivity index (χ4n) is 2.71. The number of rotatable bonds is 8. The van der Waals surface area contributed by atoms with Gasteiger partial charge in [0.15, 0.2) is 23.2 Å². The molecule has 0 aromatic carbocycles. The van der Waals surface area contributed by atoms with Crippen LogP contribution in [-0.2, 0) is 4.74 Å². The molecule has 2 aromatic rings. The summed E-state index contributed by atoms with van der Waals surface area (Å²) in [5.74, 6) is 2.64. The second kappa shape index (κ2) is 7.41. The molecular weight excluding hydrogens is 343 g/mol. The van der Waals surface area contributed by atoms with Crippen molar-refractivity contribution in [3.05, 3.63) is 6.33 Å². The summed E-state index contributed by atoms with van der Waals surface area (Å²) in [6.07, 6.45) is 4.90. The third kappa shape index (κ3) is 3.41. The summed E-state index contributed by atoms with van der Waals surface area (Å²) in [6, 6.07) is 0.371. The molecule has 140 valence electrons. The molecule has 0 aliphatic heterocycles. The number of aromatic nitrogens is 4. The van der Waals surface area contributed by atoms with Gasteiger partial charge in [-0.3, -0.25) is 4.57 Å². The van der Waals surface area contributed by atoms with Gasteiger partial charge in [-0.2, -0.15) is 9.97 Å². The van der Waals surface area contributed by atoms with Crippen LogP contribution < -0.4 is 10.6 Å². The molecule has 9 nitrogen and oxygen atoms in total. The maximum absolute atomic E-state index is 13.6. The monoisotopic (exact) mass is 364 g/mol. The zero-order chi connectivity index (χ0) is 18.8. The number of hydrogen-bond acceptors (Lipinski definition) is 8. The molecule has 0 radical (unpaired) electrons. The van der Waals surface area contributed by atoms with E-state index < -0.39 is 31.7 Å². The van der Waals surface area contributed by atoms with Crippen molar-refractivity contribution in [3.8, 4) is 12.3 Å². The van der Waals surface area contributed by atoms with Crippen LogP contribution in [0.4, 0.5) is 16.2 Å². The van der Waals surface area contributed by atoms with Crippen molar-refractivity contribution >= 4 is 22.9 Å². The molecular formula is C16H21FN6O3. The average molecular weight is 364 g/mol. The molecule has 2 heterocycles. The Morgan fingerprint density at radius 3 is 2.85 bits per heavy atom. The first-order chi connectivity index (χ1) is 12.5. The van der Waals surface area contributed by atoms with E-state index in [-0.39, 0.29) is 5.95 Å². The third-order valence-electron chi connectivity index (χ3n) is 4.33. The zero-order valence-electron chi connectivity index (χ0n) is 14.3. The molecule has 26 heavy (non-hydrogen) atoms. The fraction of sp³-hybridized carbons (Fsp3) is 0.562. The van der Waals surface area contributed by atoms with Crippen molar-refractivity contribution in [1.82, 2.24) is 19.5 Å². The van der Waals surface area contributed by atoms with Crippen LogP contribution in [0.5, 0.6) is 0 Å². The molecule has 0 amide bonds. The van der Waals surface area contributed by atoms with Crippen molar-refractivity contribution in [2.45, 2.75) is 37.3 Å². The van der Waals surface area contributed by atoms with E-state index in [0.717, 1.165) is 12.8 Å². The van der Waals surface area contributed by atoms with Gasteiger partial charge in [-0.25, -0.2) is 9.37 Å². The molecule has 4 N–H and O–H groups in total. The number of imidazole rings is 1. The van der Waals surface area contributed by atoms with E-state index in [1.807, 2.05) is 11.9 Å². The highest BCUT2D eigenvalue weighted by Crippen LogP contribution is 2.33. The predicted molar refractivity (Wildman–Crippen MR) is 93.0 cm³/mol. The number of aliphatic hydroxyl groups is 2. The molecule has 0 saturated heterocycles. The second-order valence-corrected chi connectivity index (χ2v) is 6.15. The summed E-state index contributed by atoms with van der Waals surface area (Å²) < 4.78 is 20.4. The number of fused-ring (bicyclic) bond motifs is 1. The fourth-order valence-corrected chi connectivity index (χ4v) is 2.71. The van der Waals surface area contributed by atoms with Gasteiger partial charge in [-0.1, -0.05) is 5.92 Å². The molecule has 3 rings (SSSR count). The topological polar surface area (TPSA) is 123 Å². The first-order valence-electron chi connectivity index (χ1n) is 8.19. The van der Waals surface area contributed by atoms with Gasteiger partial charge in [0, 0.05) is 13.1 Å². The van der Waals surface area contributed by atoms with Crippen LogP contribution in [0.1, 0.15) is 19.1 Å². The summed E-state index contributed by atoms with van der Waals surface area (Å²) >= 11 is 0. The largest absolute Gasteiger partial charge is 0.394 e. The molecule has 1 aliphatic rings. The maximum atomic E-state index is 13.6. The molecule has 1 aliphatic carbocycles. The van der Waals surface area contributed by atoms with Gasteiger partial charge in [0.25, 0.3) is 0 Å². The molecule has 1 saturated carbocycles. The normalized spacial score (nSPS) is 17.7. The Balaban J connectivity index is 1.97. The summed E-state index contributed by atoms with van der Waals surface area (Å²) in [4.78, 5) is 14.7. The number of nitrogens with two attached hydrogens (primary N) is 1. The number of hydrogen-bond donors (Lipinski definition) is 3. The Kier molecular flexibility index (Phi) is 5.22. The Labute approximate surface area is 149 Å². The van der Waals surface area contributed by atoms with Crippen molar-refractivity contribution in [2.75, 3.05) is 31.0 Å².